The molecule has 0 saturated carbocycles. The van der Waals surface area contributed by atoms with E-state index >= 15 is 0 Å². The number of carbonyl (C=O) groups is 1. The lowest BCUT2D eigenvalue weighted by Gasteiger charge is -2.16. The van der Waals surface area contributed by atoms with Crippen LogP contribution in [0.4, 0.5) is 0 Å². The van der Waals surface area contributed by atoms with E-state index < -0.39 is 12.1 Å². The normalized spacial score (nSPS) is 12.8. The summed E-state index contributed by atoms with van der Waals surface area (Å²) in [7, 11) is 0. The highest BCUT2D eigenvalue weighted by atomic mass is 79.9. The Balaban J connectivity index is 2.71. The van der Waals surface area contributed by atoms with Crippen LogP contribution in [0.15, 0.2) is 28.7 Å². The third-order valence-electron chi connectivity index (χ3n) is 2.02. The number of benzene rings is 1. The van der Waals surface area contributed by atoms with Crippen LogP contribution in [0.3, 0.4) is 0 Å². The van der Waals surface area contributed by atoms with Crippen molar-refractivity contribution in [3.63, 3.8) is 0 Å². The van der Waals surface area contributed by atoms with Crippen molar-refractivity contribution in [2.45, 2.75) is 32.5 Å². The summed E-state index contributed by atoms with van der Waals surface area (Å²) in [6, 6.07) is 7.58. The molecule has 0 aliphatic carbocycles. The molecule has 0 aliphatic heterocycles. The Hall–Kier alpha value is -0.870. The van der Waals surface area contributed by atoms with Crippen LogP contribution in [-0.4, -0.2) is 23.3 Å². The molecule has 0 amide bonds. The van der Waals surface area contributed by atoms with E-state index in [1.54, 1.807) is 0 Å². The van der Waals surface area contributed by atoms with Gasteiger partial charge in [-0.15, -0.1) is 0 Å². The van der Waals surface area contributed by atoms with Gasteiger partial charge in [0.2, 0.25) is 0 Å². The van der Waals surface area contributed by atoms with Crippen molar-refractivity contribution in [1.82, 2.24) is 0 Å². The molecule has 0 aromatic heterocycles. The fourth-order valence-corrected chi connectivity index (χ4v) is 1.85. The molecule has 1 aromatic carbocycles. The van der Waals surface area contributed by atoms with Gasteiger partial charge in [-0.2, -0.15) is 0 Å². The molecule has 1 atom stereocenters. The number of hydrogen-bond donors (Lipinski definition) is 1. The predicted octanol–water partition coefficient (Wildman–Crippen LogP) is 2.87. The Morgan fingerprint density at radius 1 is 1.50 bits per heavy atom. The first kappa shape index (κ1) is 13.2. The first-order valence-corrected chi connectivity index (χ1v) is 5.91. The van der Waals surface area contributed by atoms with E-state index in [-0.39, 0.29) is 6.10 Å². The molecular formula is C12H15BrO3. The second-order valence-electron chi connectivity index (χ2n) is 3.85. The quantitative estimate of drug-likeness (QED) is 0.905. The Bertz CT molecular complexity index is 363. The second kappa shape index (κ2) is 6.01. The smallest absolute Gasteiger partial charge is 0.333 e. The molecule has 4 heteroatoms. The molecule has 0 bridgehead atoms. The van der Waals surface area contributed by atoms with Crippen LogP contribution in [0.25, 0.3) is 0 Å². The molecule has 1 aromatic rings. The fourth-order valence-electron chi connectivity index (χ4n) is 1.40. The predicted molar refractivity (Wildman–Crippen MR) is 65.5 cm³/mol. The first-order chi connectivity index (χ1) is 7.49. The minimum absolute atomic E-state index is 0.0896. The lowest BCUT2D eigenvalue weighted by Crippen LogP contribution is -2.29. The second-order valence-corrected chi connectivity index (χ2v) is 4.76. The molecule has 3 nitrogen and oxygen atoms in total. The Morgan fingerprint density at radius 2 is 2.19 bits per heavy atom. The number of carboxylic acid groups (broad SMARTS) is 1. The van der Waals surface area contributed by atoms with E-state index in [1.165, 1.54) is 0 Å². The van der Waals surface area contributed by atoms with Gasteiger partial charge in [0.15, 0.2) is 6.10 Å². The fraction of sp³-hybridized carbons (Fsp3) is 0.417. The number of aliphatic carboxylic acids is 1. The number of halogens is 1. The summed E-state index contributed by atoms with van der Waals surface area (Å²) in [5, 5.41) is 9.02. The molecule has 0 unspecified atom stereocenters. The zero-order valence-electron chi connectivity index (χ0n) is 9.31. The number of ether oxygens (including phenoxy) is 1. The first-order valence-electron chi connectivity index (χ1n) is 5.11. The summed E-state index contributed by atoms with van der Waals surface area (Å²) in [6.45, 7) is 3.66. The maximum atomic E-state index is 11.0. The van der Waals surface area contributed by atoms with E-state index in [0.29, 0.717) is 6.42 Å². The van der Waals surface area contributed by atoms with Crippen LogP contribution in [0.5, 0.6) is 0 Å². The topological polar surface area (TPSA) is 46.5 Å². The minimum Gasteiger partial charge on any atom is -0.479 e. The summed E-state index contributed by atoms with van der Waals surface area (Å²) in [6.07, 6.45) is -0.491. The highest BCUT2D eigenvalue weighted by Crippen LogP contribution is 2.14. The van der Waals surface area contributed by atoms with E-state index in [2.05, 4.69) is 15.9 Å². The van der Waals surface area contributed by atoms with Gasteiger partial charge in [0.25, 0.3) is 0 Å². The minimum atomic E-state index is -0.923. The van der Waals surface area contributed by atoms with Crippen molar-refractivity contribution >= 4 is 21.9 Å². The van der Waals surface area contributed by atoms with E-state index in [1.807, 2.05) is 38.1 Å². The highest BCUT2D eigenvalue weighted by Gasteiger charge is 2.19. The molecule has 0 saturated heterocycles. The number of hydrogen-bond acceptors (Lipinski definition) is 2. The molecular weight excluding hydrogens is 272 g/mol. The van der Waals surface area contributed by atoms with Gasteiger partial charge >= 0.3 is 5.97 Å². The molecule has 1 N–H and O–H groups in total. The van der Waals surface area contributed by atoms with Gasteiger partial charge in [0.1, 0.15) is 0 Å². The summed E-state index contributed by atoms with van der Waals surface area (Å²) in [5.74, 6) is -0.923. The number of rotatable bonds is 5. The van der Waals surface area contributed by atoms with E-state index in [9.17, 15) is 4.79 Å². The third-order valence-corrected chi connectivity index (χ3v) is 2.52. The van der Waals surface area contributed by atoms with Crippen LogP contribution in [0.1, 0.15) is 19.4 Å². The Kier molecular flexibility index (Phi) is 4.96. The van der Waals surface area contributed by atoms with Crippen molar-refractivity contribution in [2.75, 3.05) is 0 Å². The van der Waals surface area contributed by atoms with Crippen molar-refractivity contribution in [1.29, 1.82) is 0 Å². The van der Waals surface area contributed by atoms with Crippen LogP contribution in [-0.2, 0) is 16.0 Å². The van der Waals surface area contributed by atoms with Crippen LogP contribution >= 0.6 is 15.9 Å². The molecule has 16 heavy (non-hydrogen) atoms. The van der Waals surface area contributed by atoms with Crippen molar-refractivity contribution in [3.8, 4) is 0 Å². The molecule has 1 rings (SSSR count). The van der Waals surface area contributed by atoms with Gasteiger partial charge < -0.3 is 9.84 Å². The maximum Gasteiger partial charge on any atom is 0.333 e. The molecule has 0 heterocycles. The lowest BCUT2D eigenvalue weighted by molar-refractivity contribution is -0.153. The zero-order valence-corrected chi connectivity index (χ0v) is 10.9. The van der Waals surface area contributed by atoms with Gasteiger partial charge in [0.05, 0.1) is 6.10 Å². The van der Waals surface area contributed by atoms with Gasteiger partial charge in [-0.1, -0.05) is 28.1 Å². The van der Waals surface area contributed by atoms with E-state index in [4.69, 9.17) is 9.84 Å². The van der Waals surface area contributed by atoms with Crippen LogP contribution in [0.2, 0.25) is 0 Å². The molecule has 0 radical (unpaired) electrons. The zero-order chi connectivity index (χ0) is 12.1. The summed E-state index contributed by atoms with van der Waals surface area (Å²) in [5.41, 5.74) is 0.947. The van der Waals surface area contributed by atoms with Crippen molar-refractivity contribution < 1.29 is 14.6 Å². The average Bonchev–Trinajstić information content (AvgIpc) is 2.15. The van der Waals surface area contributed by atoms with Crippen LogP contribution in [0, 0.1) is 0 Å². The highest BCUT2D eigenvalue weighted by molar-refractivity contribution is 9.10. The molecule has 88 valence electrons. The Labute approximate surface area is 104 Å². The van der Waals surface area contributed by atoms with Gasteiger partial charge in [-0.25, -0.2) is 4.79 Å². The van der Waals surface area contributed by atoms with Crippen molar-refractivity contribution in [3.05, 3.63) is 34.3 Å². The van der Waals surface area contributed by atoms with Gasteiger partial charge in [-0.05, 0) is 31.5 Å². The number of carboxylic acids is 1. The largest absolute Gasteiger partial charge is 0.479 e. The SMILES string of the molecule is CC(C)O[C@H](Cc1cccc(Br)c1)C(=O)O. The third kappa shape index (κ3) is 4.33. The average molecular weight is 287 g/mol. The summed E-state index contributed by atoms with van der Waals surface area (Å²) in [4.78, 5) is 11.0. The van der Waals surface area contributed by atoms with Crippen molar-refractivity contribution in [2.24, 2.45) is 0 Å². The Morgan fingerprint density at radius 3 is 2.69 bits per heavy atom. The summed E-state index contributed by atoms with van der Waals surface area (Å²) >= 11 is 3.35. The van der Waals surface area contributed by atoms with Gasteiger partial charge in [-0.3, -0.25) is 0 Å². The van der Waals surface area contributed by atoms with Crippen LogP contribution < -0.4 is 0 Å². The monoisotopic (exact) mass is 286 g/mol. The molecule has 0 spiro atoms. The molecule has 0 fully saturated rings. The lowest BCUT2D eigenvalue weighted by atomic mass is 10.1. The summed E-state index contributed by atoms with van der Waals surface area (Å²) < 4.78 is 6.28. The van der Waals surface area contributed by atoms with E-state index in [0.717, 1.165) is 10.0 Å². The molecule has 0 aliphatic rings. The standard InChI is InChI=1S/C12H15BrO3/c1-8(2)16-11(12(14)15)7-9-4-3-5-10(13)6-9/h3-6,8,11H,7H2,1-2H3,(H,14,15)/t11-/m1/s1. The maximum absolute atomic E-state index is 11.0. The van der Waals surface area contributed by atoms with Gasteiger partial charge in [0, 0.05) is 10.9 Å².